The van der Waals surface area contributed by atoms with Gasteiger partial charge in [0.15, 0.2) is 0 Å². The average molecular weight is 290 g/mol. The molecule has 0 saturated heterocycles. The van der Waals surface area contributed by atoms with Gasteiger partial charge in [0, 0.05) is 19.5 Å². The van der Waals surface area contributed by atoms with Crippen molar-refractivity contribution in [3.63, 3.8) is 0 Å². The molecule has 0 bridgehead atoms. The molecule has 5 nitrogen and oxygen atoms in total. The van der Waals surface area contributed by atoms with Crippen molar-refractivity contribution in [1.82, 2.24) is 0 Å². The van der Waals surface area contributed by atoms with Gasteiger partial charge in [-0.05, 0) is 16.8 Å². The number of rotatable bonds is 1. The number of carbonyl (C=O) groups is 1. The first-order valence-corrected chi connectivity index (χ1v) is 4.14. The van der Waals surface area contributed by atoms with Crippen LogP contribution in [-0.2, 0) is 19.5 Å². The fourth-order valence-electron chi connectivity index (χ4n) is 1.48. The number of hydrogen-bond donors (Lipinski definition) is 2. The summed E-state index contributed by atoms with van der Waals surface area (Å²) in [5.41, 5.74) is -0.0388. The minimum atomic E-state index is -1.11. The maximum absolute atomic E-state index is 10.9. The van der Waals surface area contributed by atoms with Crippen LogP contribution in [0.2, 0.25) is 0 Å². The van der Waals surface area contributed by atoms with Crippen LogP contribution in [-0.4, -0.2) is 27.1 Å². The van der Waals surface area contributed by atoms with Gasteiger partial charge in [-0.1, -0.05) is 30.3 Å². The minimum Gasteiger partial charge on any atom is -0.507 e. The van der Waals surface area contributed by atoms with E-state index in [0.717, 1.165) is 5.39 Å². The van der Waals surface area contributed by atoms with Crippen molar-refractivity contribution >= 4 is 16.7 Å². The van der Waals surface area contributed by atoms with E-state index in [0.29, 0.717) is 5.39 Å². The Balaban J connectivity index is 0. The van der Waals surface area contributed by atoms with Crippen molar-refractivity contribution in [1.29, 1.82) is 0 Å². The van der Waals surface area contributed by atoms with E-state index in [2.05, 4.69) is 0 Å². The summed E-state index contributed by atoms with van der Waals surface area (Å²) in [6, 6.07) is 10.1. The Kier molecular flexibility index (Phi) is 7.33. The molecule has 0 unspecified atom stereocenters. The molecule has 2 aromatic carbocycles. The molecule has 0 atom stereocenters. The summed E-state index contributed by atoms with van der Waals surface area (Å²) in [5.74, 6) is -1.31. The van der Waals surface area contributed by atoms with E-state index in [1.54, 1.807) is 24.3 Å². The first kappa shape index (κ1) is 17.9. The summed E-state index contributed by atoms with van der Waals surface area (Å²) < 4.78 is 0. The number of aromatic hydroxyl groups is 1. The Labute approximate surface area is 110 Å². The van der Waals surface area contributed by atoms with Crippen molar-refractivity contribution in [2.45, 2.75) is 0 Å². The molecule has 0 aromatic heterocycles. The van der Waals surface area contributed by atoms with Gasteiger partial charge in [0.25, 0.3) is 0 Å². The predicted molar refractivity (Wildman–Crippen MR) is 59.8 cm³/mol. The SMILES string of the molecule is O.O.O=C(O)c1c(O)ccc2ccccc12.[Zn]. The molecule has 17 heavy (non-hydrogen) atoms. The van der Waals surface area contributed by atoms with E-state index in [-0.39, 0.29) is 41.7 Å². The monoisotopic (exact) mass is 288 g/mol. The van der Waals surface area contributed by atoms with E-state index in [9.17, 15) is 9.90 Å². The van der Waals surface area contributed by atoms with Gasteiger partial charge in [-0.15, -0.1) is 0 Å². The molecular weight excluding hydrogens is 278 g/mol. The van der Waals surface area contributed by atoms with Crippen molar-refractivity contribution in [3.05, 3.63) is 42.0 Å². The number of hydrogen-bond acceptors (Lipinski definition) is 2. The smallest absolute Gasteiger partial charge is 0.340 e. The normalized spacial score (nSPS) is 8.47. The average Bonchev–Trinajstić information content (AvgIpc) is 2.17. The zero-order valence-corrected chi connectivity index (χ0v) is 11.9. The second kappa shape index (κ2) is 6.96. The second-order valence-electron chi connectivity index (χ2n) is 2.99. The van der Waals surface area contributed by atoms with Crippen LogP contribution in [0.25, 0.3) is 10.8 Å². The van der Waals surface area contributed by atoms with Gasteiger partial charge in [0.05, 0.1) is 0 Å². The number of aromatic carboxylic acids is 1. The third-order valence-corrected chi connectivity index (χ3v) is 2.12. The third-order valence-electron chi connectivity index (χ3n) is 2.12. The summed E-state index contributed by atoms with van der Waals surface area (Å²) in [4.78, 5) is 10.9. The molecule has 6 N–H and O–H groups in total. The van der Waals surface area contributed by atoms with Crippen LogP contribution in [0.1, 0.15) is 10.4 Å². The first-order valence-electron chi connectivity index (χ1n) is 4.14. The van der Waals surface area contributed by atoms with E-state index >= 15 is 0 Å². The van der Waals surface area contributed by atoms with Gasteiger partial charge >= 0.3 is 5.97 Å². The molecule has 2 aromatic rings. The first-order chi connectivity index (χ1) is 6.70. The van der Waals surface area contributed by atoms with Crippen LogP contribution < -0.4 is 0 Å². The largest absolute Gasteiger partial charge is 0.507 e. The van der Waals surface area contributed by atoms with E-state index in [1.807, 2.05) is 6.07 Å². The zero-order chi connectivity index (χ0) is 10.1. The third kappa shape index (κ3) is 3.23. The Bertz CT molecular complexity index is 512. The molecule has 0 saturated carbocycles. The quantitative estimate of drug-likeness (QED) is 0.747. The summed E-state index contributed by atoms with van der Waals surface area (Å²) in [5, 5.41) is 19.7. The van der Waals surface area contributed by atoms with Crippen LogP contribution in [0.4, 0.5) is 0 Å². The summed E-state index contributed by atoms with van der Waals surface area (Å²) in [6.07, 6.45) is 0. The maximum atomic E-state index is 10.9. The molecule has 0 aliphatic rings. The van der Waals surface area contributed by atoms with E-state index in [4.69, 9.17) is 5.11 Å². The molecule has 0 amide bonds. The van der Waals surface area contributed by atoms with Crippen LogP contribution in [0.3, 0.4) is 0 Å². The summed E-state index contributed by atoms with van der Waals surface area (Å²) in [7, 11) is 0. The molecule has 0 radical (unpaired) electrons. The number of benzene rings is 2. The van der Waals surface area contributed by atoms with Gasteiger partial charge in [-0.25, -0.2) is 4.79 Å². The molecule has 2 rings (SSSR count). The predicted octanol–water partition coefficient (Wildman–Crippen LogP) is 0.592. The van der Waals surface area contributed by atoms with E-state index in [1.165, 1.54) is 6.07 Å². The molecule has 88 valence electrons. The van der Waals surface area contributed by atoms with Gasteiger partial charge < -0.3 is 21.2 Å². The fourth-order valence-corrected chi connectivity index (χ4v) is 1.48. The zero-order valence-electron chi connectivity index (χ0n) is 8.97. The van der Waals surface area contributed by atoms with Crippen molar-refractivity contribution in [3.8, 4) is 5.75 Å². The molecule has 0 spiro atoms. The molecule has 0 heterocycles. The number of carboxylic acids is 1. The number of fused-ring (bicyclic) bond motifs is 1. The van der Waals surface area contributed by atoms with Crippen molar-refractivity contribution in [2.24, 2.45) is 0 Å². The Hall–Kier alpha value is -1.49. The van der Waals surface area contributed by atoms with Crippen LogP contribution in [0.5, 0.6) is 5.75 Å². The van der Waals surface area contributed by atoms with Crippen molar-refractivity contribution in [2.75, 3.05) is 0 Å². The van der Waals surface area contributed by atoms with Gasteiger partial charge in [-0.2, -0.15) is 0 Å². The Morgan fingerprint density at radius 2 is 1.59 bits per heavy atom. The standard InChI is InChI=1S/C11H8O3.2H2O.Zn/c12-9-6-5-7-3-1-2-4-8(7)10(9)11(13)14;;;/h1-6,12H,(H,13,14);2*1H2;. The van der Waals surface area contributed by atoms with Gasteiger partial charge in [-0.3, -0.25) is 0 Å². The molecular formula is C11H12O5Zn. The second-order valence-corrected chi connectivity index (χ2v) is 2.99. The number of carboxylic acid groups (broad SMARTS) is 1. The fraction of sp³-hybridized carbons (Fsp3) is 0. The van der Waals surface area contributed by atoms with Crippen LogP contribution >= 0.6 is 0 Å². The van der Waals surface area contributed by atoms with Gasteiger partial charge in [0.1, 0.15) is 11.3 Å². The molecule has 0 fully saturated rings. The maximum Gasteiger partial charge on any atom is 0.340 e. The topological polar surface area (TPSA) is 121 Å². The Morgan fingerprint density at radius 3 is 2.18 bits per heavy atom. The van der Waals surface area contributed by atoms with Gasteiger partial charge in [0.2, 0.25) is 0 Å². The Morgan fingerprint density at radius 1 is 1.00 bits per heavy atom. The minimum absolute atomic E-state index is 0. The van der Waals surface area contributed by atoms with E-state index < -0.39 is 5.97 Å². The van der Waals surface area contributed by atoms with Crippen molar-refractivity contribution < 1.29 is 45.4 Å². The van der Waals surface area contributed by atoms with Crippen LogP contribution in [0, 0.1) is 0 Å². The molecule has 6 heteroatoms. The molecule has 0 aliphatic carbocycles. The summed E-state index contributed by atoms with van der Waals surface area (Å²) >= 11 is 0. The summed E-state index contributed by atoms with van der Waals surface area (Å²) in [6.45, 7) is 0. The molecule has 0 aliphatic heterocycles. The number of phenols is 1. The van der Waals surface area contributed by atoms with Crippen LogP contribution in [0.15, 0.2) is 36.4 Å².